The first-order chi connectivity index (χ1) is 8.46. The molecule has 0 amide bonds. The van der Waals surface area contributed by atoms with E-state index in [4.69, 9.17) is 0 Å². The Morgan fingerprint density at radius 1 is 1.33 bits per heavy atom. The Hall–Kier alpha value is -1.41. The molecular weight excluding hydrogens is 254 g/mol. The average molecular weight is 273 g/mol. The van der Waals surface area contributed by atoms with Gasteiger partial charge in [0.1, 0.15) is 5.82 Å². The third-order valence-corrected chi connectivity index (χ3v) is 3.59. The predicted molar refractivity (Wildman–Crippen MR) is 72.3 cm³/mol. The maximum absolute atomic E-state index is 11.4. The second-order valence-electron chi connectivity index (χ2n) is 3.71. The fourth-order valence-electron chi connectivity index (χ4n) is 1.38. The number of rotatable bonds is 7. The minimum absolute atomic E-state index is 0.0127. The zero-order chi connectivity index (χ0) is 13.6. The van der Waals surface area contributed by atoms with E-state index in [9.17, 15) is 8.42 Å². The van der Waals surface area contributed by atoms with Crippen molar-refractivity contribution in [1.82, 2.24) is 14.7 Å². The Balaban J connectivity index is 2.56. The van der Waals surface area contributed by atoms with Crippen LogP contribution in [-0.2, 0) is 10.0 Å². The lowest BCUT2D eigenvalue weighted by atomic mass is 10.4. The zero-order valence-corrected chi connectivity index (χ0v) is 11.6. The van der Waals surface area contributed by atoms with E-state index in [1.807, 2.05) is 6.92 Å². The topological polar surface area (TPSA) is 96.0 Å². The Bertz CT molecular complexity index is 489. The molecule has 102 valence electrons. The summed E-state index contributed by atoms with van der Waals surface area (Å²) < 4.78 is 25.3. The first kappa shape index (κ1) is 14.7. The predicted octanol–water partition coefficient (Wildman–Crippen LogP) is 0.178. The molecule has 3 N–H and O–H groups in total. The highest BCUT2D eigenvalue weighted by molar-refractivity contribution is 7.89. The third-order valence-electron chi connectivity index (χ3n) is 2.12. The fraction of sp³-hybridized carbons (Fsp3) is 0.600. The molecule has 7 nitrogen and oxygen atoms in total. The van der Waals surface area contributed by atoms with Gasteiger partial charge in [-0.05, 0) is 6.92 Å². The lowest BCUT2D eigenvalue weighted by Crippen LogP contribution is -2.29. The van der Waals surface area contributed by atoms with E-state index in [1.165, 1.54) is 0 Å². The molecule has 18 heavy (non-hydrogen) atoms. The summed E-state index contributed by atoms with van der Waals surface area (Å²) in [5.41, 5.74) is 0.811. The molecule has 0 aliphatic heterocycles. The highest BCUT2D eigenvalue weighted by Crippen LogP contribution is 2.08. The van der Waals surface area contributed by atoms with Crippen molar-refractivity contribution >= 4 is 21.8 Å². The molecule has 1 rings (SSSR count). The van der Waals surface area contributed by atoms with E-state index < -0.39 is 10.0 Å². The van der Waals surface area contributed by atoms with Gasteiger partial charge in [-0.3, -0.25) is 0 Å². The van der Waals surface area contributed by atoms with Crippen molar-refractivity contribution in [2.45, 2.75) is 13.8 Å². The van der Waals surface area contributed by atoms with Crippen molar-refractivity contribution in [3.63, 3.8) is 0 Å². The smallest absolute Gasteiger partial charge is 0.224 e. The van der Waals surface area contributed by atoms with Crippen molar-refractivity contribution in [2.24, 2.45) is 0 Å². The van der Waals surface area contributed by atoms with Crippen LogP contribution in [0.15, 0.2) is 6.07 Å². The van der Waals surface area contributed by atoms with Crippen LogP contribution in [0.4, 0.5) is 11.8 Å². The molecule has 0 aliphatic carbocycles. The van der Waals surface area contributed by atoms with Gasteiger partial charge in [0.25, 0.3) is 0 Å². The van der Waals surface area contributed by atoms with Gasteiger partial charge in [0.2, 0.25) is 16.0 Å². The summed E-state index contributed by atoms with van der Waals surface area (Å²) in [7, 11) is -1.47. The number of nitrogens with one attached hydrogen (secondary N) is 3. The molecule has 0 radical (unpaired) electrons. The largest absolute Gasteiger partial charge is 0.369 e. The summed E-state index contributed by atoms with van der Waals surface area (Å²) in [4.78, 5) is 8.31. The molecule has 0 atom stereocenters. The molecule has 0 saturated carbocycles. The summed E-state index contributed by atoms with van der Waals surface area (Å²) in [5.74, 6) is 1.13. The van der Waals surface area contributed by atoms with Gasteiger partial charge < -0.3 is 10.6 Å². The molecule has 1 aromatic rings. The molecule has 1 heterocycles. The molecule has 0 aliphatic rings. The molecular formula is C10H19N5O2S. The molecule has 0 bridgehead atoms. The monoisotopic (exact) mass is 273 g/mol. The zero-order valence-electron chi connectivity index (χ0n) is 10.8. The Morgan fingerprint density at radius 3 is 2.67 bits per heavy atom. The number of aryl methyl sites for hydroxylation is 1. The molecule has 0 spiro atoms. The Morgan fingerprint density at radius 2 is 2.06 bits per heavy atom. The van der Waals surface area contributed by atoms with Gasteiger partial charge in [0.15, 0.2) is 0 Å². The maximum atomic E-state index is 11.4. The molecule has 0 fully saturated rings. The second kappa shape index (κ2) is 6.50. The number of hydrogen-bond acceptors (Lipinski definition) is 6. The van der Waals surface area contributed by atoms with Gasteiger partial charge in [0.05, 0.1) is 5.75 Å². The van der Waals surface area contributed by atoms with Crippen molar-refractivity contribution < 1.29 is 8.42 Å². The van der Waals surface area contributed by atoms with E-state index in [2.05, 4.69) is 25.3 Å². The van der Waals surface area contributed by atoms with E-state index in [1.54, 1.807) is 20.0 Å². The van der Waals surface area contributed by atoms with Crippen molar-refractivity contribution in [3.8, 4) is 0 Å². The van der Waals surface area contributed by atoms with Crippen molar-refractivity contribution in [2.75, 3.05) is 36.5 Å². The van der Waals surface area contributed by atoms with Crippen LogP contribution in [0.1, 0.15) is 12.6 Å². The van der Waals surface area contributed by atoms with Crippen LogP contribution in [0.2, 0.25) is 0 Å². The molecule has 0 unspecified atom stereocenters. The molecule has 0 aromatic carbocycles. The van der Waals surface area contributed by atoms with E-state index in [0.717, 1.165) is 5.69 Å². The minimum atomic E-state index is -3.20. The summed E-state index contributed by atoms with van der Waals surface area (Å²) >= 11 is 0. The van der Waals surface area contributed by atoms with Crippen LogP contribution in [-0.4, -0.2) is 44.3 Å². The van der Waals surface area contributed by atoms with Gasteiger partial charge in [-0.1, -0.05) is 6.92 Å². The normalized spacial score (nSPS) is 11.3. The van der Waals surface area contributed by atoms with Gasteiger partial charge >= 0.3 is 0 Å². The summed E-state index contributed by atoms with van der Waals surface area (Å²) in [6.07, 6.45) is 0. The van der Waals surface area contributed by atoms with Crippen LogP contribution >= 0.6 is 0 Å². The molecule has 1 aromatic heterocycles. The first-order valence-corrected chi connectivity index (χ1v) is 7.36. The van der Waals surface area contributed by atoms with Crippen molar-refractivity contribution in [1.29, 1.82) is 0 Å². The molecule has 8 heteroatoms. The number of aromatic nitrogens is 2. The standard InChI is InChI=1S/C10H19N5O2S/c1-4-13-18(16,17)6-5-12-9-7-8(2)14-10(11-3)15-9/h7,13H,4-6H2,1-3H3,(H2,11,12,14,15). The highest BCUT2D eigenvalue weighted by Gasteiger charge is 2.08. The van der Waals surface area contributed by atoms with Crippen LogP contribution in [0.5, 0.6) is 0 Å². The van der Waals surface area contributed by atoms with Crippen LogP contribution in [0.3, 0.4) is 0 Å². The Labute approximate surface area is 107 Å². The fourth-order valence-corrected chi connectivity index (χ4v) is 2.33. The van der Waals surface area contributed by atoms with E-state index in [-0.39, 0.29) is 5.75 Å². The van der Waals surface area contributed by atoms with Crippen LogP contribution < -0.4 is 15.4 Å². The lowest BCUT2D eigenvalue weighted by Gasteiger charge is -2.08. The number of anilines is 2. The van der Waals surface area contributed by atoms with Gasteiger partial charge in [0, 0.05) is 31.9 Å². The van der Waals surface area contributed by atoms with Crippen LogP contribution in [0, 0.1) is 6.92 Å². The SMILES string of the molecule is CCNS(=O)(=O)CCNc1cc(C)nc(NC)n1. The van der Waals surface area contributed by atoms with Gasteiger partial charge in [-0.15, -0.1) is 0 Å². The third kappa shape index (κ3) is 4.84. The number of nitrogens with zero attached hydrogens (tertiary/aromatic N) is 2. The maximum Gasteiger partial charge on any atom is 0.224 e. The van der Waals surface area contributed by atoms with Crippen LogP contribution in [0.25, 0.3) is 0 Å². The summed E-state index contributed by atoms with van der Waals surface area (Å²) in [6.45, 7) is 4.30. The quantitative estimate of drug-likeness (QED) is 0.656. The van der Waals surface area contributed by atoms with Crippen molar-refractivity contribution in [3.05, 3.63) is 11.8 Å². The Kier molecular flexibility index (Phi) is 5.29. The minimum Gasteiger partial charge on any atom is -0.369 e. The van der Waals surface area contributed by atoms with Gasteiger partial charge in [-0.2, -0.15) is 4.98 Å². The van der Waals surface area contributed by atoms with Gasteiger partial charge in [-0.25, -0.2) is 18.1 Å². The van der Waals surface area contributed by atoms with E-state index in [0.29, 0.717) is 24.9 Å². The first-order valence-electron chi connectivity index (χ1n) is 5.71. The molecule has 0 saturated heterocycles. The number of sulfonamides is 1. The highest BCUT2D eigenvalue weighted by atomic mass is 32.2. The average Bonchev–Trinajstić information content (AvgIpc) is 2.27. The lowest BCUT2D eigenvalue weighted by molar-refractivity contribution is 0.584. The summed E-state index contributed by atoms with van der Waals surface area (Å²) in [5, 5.41) is 5.81. The number of hydrogen-bond donors (Lipinski definition) is 3. The second-order valence-corrected chi connectivity index (χ2v) is 5.64. The van der Waals surface area contributed by atoms with E-state index >= 15 is 0 Å². The summed E-state index contributed by atoms with van der Waals surface area (Å²) in [6, 6.07) is 1.76.